The SMILES string of the molecule is Cc1cccc(C(=O)N[C@H]2COC[C@H]2CS(=O)(=O)N(C)C)n1. The molecular formula is C14H21N3O4S. The van der Waals surface area contributed by atoms with E-state index in [1.807, 2.05) is 13.0 Å². The summed E-state index contributed by atoms with van der Waals surface area (Å²) in [7, 11) is -0.344. The zero-order valence-electron chi connectivity index (χ0n) is 12.9. The highest BCUT2D eigenvalue weighted by atomic mass is 32.2. The molecule has 0 aromatic carbocycles. The van der Waals surface area contributed by atoms with Crippen LogP contribution in [0.2, 0.25) is 0 Å². The van der Waals surface area contributed by atoms with Crippen molar-refractivity contribution in [2.24, 2.45) is 5.92 Å². The molecule has 1 aromatic heterocycles. The van der Waals surface area contributed by atoms with Gasteiger partial charge in [-0.15, -0.1) is 0 Å². The third kappa shape index (κ3) is 4.02. The zero-order valence-corrected chi connectivity index (χ0v) is 13.8. The van der Waals surface area contributed by atoms with Gasteiger partial charge in [-0.2, -0.15) is 0 Å². The van der Waals surface area contributed by atoms with E-state index in [9.17, 15) is 13.2 Å². The standard InChI is InChI=1S/C14H21N3O4S/c1-10-5-4-6-12(15-10)14(18)16-13-8-21-7-11(13)9-22(19,20)17(2)3/h4-6,11,13H,7-9H2,1-3H3,(H,16,18)/t11-,13-/m0/s1. The summed E-state index contributed by atoms with van der Waals surface area (Å²) in [6.45, 7) is 2.44. The number of rotatable bonds is 5. The first-order valence-corrected chi connectivity index (χ1v) is 8.63. The molecule has 1 aliphatic heterocycles. The van der Waals surface area contributed by atoms with Gasteiger partial charge in [-0.1, -0.05) is 6.07 Å². The van der Waals surface area contributed by atoms with Gasteiger partial charge in [0.25, 0.3) is 5.91 Å². The number of hydrogen-bond acceptors (Lipinski definition) is 5. The Bertz CT molecular complexity index is 645. The Labute approximate surface area is 130 Å². The van der Waals surface area contributed by atoms with Crippen LogP contribution < -0.4 is 5.32 Å². The molecule has 1 fully saturated rings. The van der Waals surface area contributed by atoms with Gasteiger partial charge in [0.2, 0.25) is 10.0 Å². The molecule has 1 amide bonds. The summed E-state index contributed by atoms with van der Waals surface area (Å²) in [5.41, 5.74) is 1.07. The molecule has 0 saturated carbocycles. The van der Waals surface area contributed by atoms with Gasteiger partial charge in [-0.05, 0) is 19.1 Å². The molecule has 8 heteroatoms. The van der Waals surface area contributed by atoms with Crippen LogP contribution in [0.3, 0.4) is 0 Å². The number of hydrogen-bond donors (Lipinski definition) is 1. The van der Waals surface area contributed by atoms with Crippen molar-refractivity contribution in [2.45, 2.75) is 13.0 Å². The van der Waals surface area contributed by atoms with Crippen LogP contribution in [-0.2, 0) is 14.8 Å². The molecule has 2 atom stereocenters. The van der Waals surface area contributed by atoms with E-state index >= 15 is 0 Å². The Balaban J connectivity index is 2.04. The highest BCUT2D eigenvalue weighted by molar-refractivity contribution is 7.89. The second-order valence-corrected chi connectivity index (χ2v) is 7.83. The Morgan fingerprint density at radius 2 is 2.14 bits per heavy atom. The monoisotopic (exact) mass is 327 g/mol. The van der Waals surface area contributed by atoms with Crippen molar-refractivity contribution in [1.29, 1.82) is 0 Å². The molecule has 1 N–H and O–H groups in total. The molecular weight excluding hydrogens is 306 g/mol. The minimum atomic E-state index is -3.34. The maximum atomic E-state index is 12.2. The van der Waals surface area contributed by atoms with E-state index in [0.717, 1.165) is 5.69 Å². The highest BCUT2D eigenvalue weighted by Gasteiger charge is 2.34. The van der Waals surface area contributed by atoms with Crippen molar-refractivity contribution in [2.75, 3.05) is 33.1 Å². The van der Waals surface area contributed by atoms with Crippen LogP contribution in [0.25, 0.3) is 0 Å². The van der Waals surface area contributed by atoms with E-state index in [4.69, 9.17) is 4.74 Å². The molecule has 2 rings (SSSR count). The van der Waals surface area contributed by atoms with E-state index in [-0.39, 0.29) is 23.6 Å². The minimum absolute atomic E-state index is 0.0494. The quantitative estimate of drug-likeness (QED) is 0.824. The third-order valence-electron chi connectivity index (χ3n) is 3.62. The van der Waals surface area contributed by atoms with Crippen LogP contribution in [0.4, 0.5) is 0 Å². The van der Waals surface area contributed by atoms with Crippen LogP contribution in [0, 0.1) is 12.8 Å². The first-order valence-electron chi connectivity index (χ1n) is 7.02. The number of nitrogens with zero attached hydrogens (tertiary/aromatic N) is 2. The van der Waals surface area contributed by atoms with Crippen molar-refractivity contribution in [3.63, 3.8) is 0 Å². The summed E-state index contributed by atoms with van der Waals surface area (Å²) in [5.74, 6) is -0.626. The summed E-state index contributed by atoms with van der Waals surface area (Å²) < 4.78 is 30.5. The minimum Gasteiger partial charge on any atom is -0.379 e. The number of carbonyl (C=O) groups is 1. The Morgan fingerprint density at radius 3 is 2.77 bits per heavy atom. The number of aryl methyl sites for hydroxylation is 1. The summed E-state index contributed by atoms with van der Waals surface area (Å²) in [6.07, 6.45) is 0. The average Bonchev–Trinajstić information content (AvgIpc) is 2.85. The molecule has 1 saturated heterocycles. The van der Waals surface area contributed by atoms with Crippen LogP contribution in [0.5, 0.6) is 0 Å². The Hall–Kier alpha value is -1.51. The van der Waals surface area contributed by atoms with Crippen LogP contribution >= 0.6 is 0 Å². The molecule has 0 spiro atoms. The van der Waals surface area contributed by atoms with Crippen LogP contribution in [0.1, 0.15) is 16.2 Å². The Morgan fingerprint density at radius 1 is 1.41 bits per heavy atom. The predicted octanol–water partition coefficient (Wildman–Crippen LogP) is 0.0262. The molecule has 122 valence electrons. The number of aromatic nitrogens is 1. The van der Waals surface area contributed by atoms with Crippen molar-refractivity contribution < 1.29 is 17.9 Å². The molecule has 0 aliphatic carbocycles. The van der Waals surface area contributed by atoms with Crippen LogP contribution in [-0.4, -0.2) is 62.7 Å². The normalized spacial score (nSPS) is 22.0. The lowest BCUT2D eigenvalue weighted by Crippen LogP contribution is -2.43. The fourth-order valence-electron chi connectivity index (χ4n) is 2.25. The second kappa shape index (κ2) is 6.72. The largest absolute Gasteiger partial charge is 0.379 e. The van der Waals surface area contributed by atoms with Gasteiger partial charge in [-0.3, -0.25) is 4.79 Å². The molecule has 22 heavy (non-hydrogen) atoms. The molecule has 1 aliphatic rings. The lowest BCUT2D eigenvalue weighted by Gasteiger charge is -2.20. The van der Waals surface area contributed by atoms with Crippen molar-refractivity contribution >= 4 is 15.9 Å². The van der Waals surface area contributed by atoms with E-state index in [1.165, 1.54) is 18.4 Å². The molecule has 0 unspecified atom stereocenters. The molecule has 1 aromatic rings. The number of carbonyl (C=O) groups excluding carboxylic acids is 1. The maximum absolute atomic E-state index is 12.2. The number of ether oxygens (including phenoxy) is 1. The predicted molar refractivity (Wildman–Crippen MR) is 82.0 cm³/mol. The lowest BCUT2D eigenvalue weighted by atomic mass is 10.1. The van der Waals surface area contributed by atoms with E-state index < -0.39 is 10.0 Å². The van der Waals surface area contributed by atoms with Gasteiger partial charge in [0.15, 0.2) is 0 Å². The highest BCUT2D eigenvalue weighted by Crippen LogP contribution is 2.17. The number of nitrogens with one attached hydrogen (secondary N) is 1. The number of sulfonamides is 1. The van der Waals surface area contributed by atoms with E-state index in [1.54, 1.807) is 12.1 Å². The molecule has 0 bridgehead atoms. The van der Waals surface area contributed by atoms with E-state index in [0.29, 0.717) is 18.9 Å². The van der Waals surface area contributed by atoms with Crippen molar-refractivity contribution in [3.8, 4) is 0 Å². The molecule has 2 heterocycles. The number of pyridine rings is 1. The maximum Gasteiger partial charge on any atom is 0.270 e. The van der Waals surface area contributed by atoms with Crippen molar-refractivity contribution in [1.82, 2.24) is 14.6 Å². The third-order valence-corrected chi connectivity index (χ3v) is 5.58. The van der Waals surface area contributed by atoms with Gasteiger partial charge in [-0.25, -0.2) is 17.7 Å². The second-order valence-electron chi connectivity index (χ2n) is 5.60. The van der Waals surface area contributed by atoms with Gasteiger partial charge < -0.3 is 10.1 Å². The summed E-state index contributed by atoms with van der Waals surface area (Å²) in [4.78, 5) is 16.4. The molecule has 7 nitrogen and oxygen atoms in total. The van der Waals surface area contributed by atoms with Gasteiger partial charge in [0.1, 0.15) is 5.69 Å². The van der Waals surface area contributed by atoms with Gasteiger partial charge >= 0.3 is 0 Å². The molecule has 0 radical (unpaired) electrons. The number of amides is 1. The van der Waals surface area contributed by atoms with Gasteiger partial charge in [0, 0.05) is 25.7 Å². The summed E-state index contributed by atoms with van der Waals surface area (Å²) in [6, 6.07) is 4.87. The zero-order chi connectivity index (χ0) is 16.3. The Kier molecular flexibility index (Phi) is 5.15. The van der Waals surface area contributed by atoms with Crippen molar-refractivity contribution in [3.05, 3.63) is 29.6 Å². The van der Waals surface area contributed by atoms with E-state index in [2.05, 4.69) is 10.3 Å². The first-order chi connectivity index (χ1) is 10.3. The van der Waals surface area contributed by atoms with Gasteiger partial charge in [0.05, 0.1) is 25.0 Å². The topological polar surface area (TPSA) is 88.6 Å². The lowest BCUT2D eigenvalue weighted by molar-refractivity contribution is 0.0920. The fraction of sp³-hybridized carbons (Fsp3) is 0.571. The average molecular weight is 327 g/mol. The smallest absolute Gasteiger partial charge is 0.270 e. The summed E-state index contributed by atoms with van der Waals surface area (Å²) >= 11 is 0. The fourth-order valence-corrected chi connectivity index (χ4v) is 3.42. The first kappa shape index (κ1) is 16.9. The van der Waals surface area contributed by atoms with Crippen LogP contribution in [0.15, 0.2) is 18.2 Å². The summed E-state index contributed by atoms with van der Waals surface area (Å²) in [5, 5.41) is 2.82.